The summed E-state index contributed by atoms with van der Waals surface area (Å²) < 4.78 is 0. The average molecular weight is 230 g/mol. The van der Waals surface area contributed by atoms with Crippen LogP contribution in [-0.4, -0.2) is 29.2 Å². The minimum absolute atomic E-state index is 0.234. The molecule has 0 radical (unpaired) electrons. The van der Waals surface area contributed by atoms with E-state index in [1.165, 1.54) is 0 Å². The van der Waals surface area contributed by atoms with Gasteiger partial charge in [-0.15, -0.1) is 0 Å². The first-order valence-corrected chi connectivity index (χ1v) is 5.57. The lowest BCUT2D eigenvalue weighted by molar-refractivity contribution is -0.141. The lowest BCUT2D eigenvalue weighted by atomic mass is 10.0. The number of urea groups is 1. The van der Waals surface area contributed by atoms with Crippen LogP contribution in [0.3, 0.4) is 0 Å². The molecule has 0 aliphatic rings. The third-order valence-corrected chi connectivity index (χ3v) is 2.62. The zero-order valence-electron chi connectivity index (χ0n) is 10.5. The molecule has 5 heteroatoms. The molecule has 16 heavy (non-hydrogen) atoms. The molecule has 0 heterocycles. The van der Waals surface area contributed by atoms with Crippen LogP contribution in [0.15, 0.2) is 0 Å². The molecule has 0 aromatic rings. The number of amides is 2. The van der Waals surface area contributed by atoms with Crippen LogP contribution in [-0.2, 0) is 4.79 Å². The molecule has 0 spiro atoms. The van der Waals surface area contributed by atoms with Gasteiger partial charge >= 0.3 is 12.0 Å². The van der Waals surface area contributed by atoms with Crippen LogP contribution in [0.25, 0.3) is 0 Å². The normalized spacial score (nSPS) is 13.0. The Labute approximate surface area is 96.6 Å². The summed E-state index contributed by atoms with van der Waals surface area (Å²) in [7, 11) is 0. The van der Waals surface area contributed by atoms with Crippen molar-refractivity contribution in [1.29, 1.82) is 0 Å². The van der Waals surface area contributed by atoms with Gasteiger partial charge in [0.2, 0.25) is 0 Å². The Hall–Kier alpha value is -1.26. The number of carbonyl (C=O) groups excluding carboxylic acids is 1. The molecule has 0 aromatic carbocycles. The van der Waals surface area contributed by atoms with Crippen molar-refractivity contribution in [2.24, 2.45) is 5.92 Å². The van der Waals surface area contributed by atoms with Crippen molar-refractivity contribution < 1.29 is 14.7 Å². The summed E-state index contributed by atoms with van der Waals surface area (Å²) in [4.78, 5) is 21.9. The van der Waals surface area contributed by atoms with Gasteiger partial charge in [-0.3, -0.25) is 4.79 Å². The molecule has 0 rings (SSSR count). The Kier molecular flexibility index (Phi) is 5.85. The first kappa shape index (κ1) is 14.7. The molecular formula is C11H22N2O3. The van der Waals surface area contributed by atoms with Gasteiger partial charge in [-0.25, -0.2) is 4.79 Å². The van der Waals surface area contributed by atoms with Gasteiger partial charge in [-0.2, -0.15) is 0 Å². The highest BCUT2D eigenvalue weighted by Gasteiger charge is 2.17. The van der Waals surface area contributed by atoms with E-state index < -0.39 is 11.9 Å². The van der Waals surface area contributed by atoms with Crippen LogP contribution in [0.1, 0.15) is 40.5 Å². The fourth-order valence-electron chi connectivity index (χ4n) is 0.966. The molecule has 0 aliphatic heterocycles. The van der Waals surface area contributed by atoms with Crippen LogP contribution in [0.5, 0.6) is 0 Å². The van der Waals surface area contributed by atoms with E-state index in [2.05, 4.69) is 10.6 Å². The Morgan fingerprint density at radius 2 is 1.94 bits per heavy atom. The van der Waals surface area contributed by atoms with Gasteiger partial charge < -0.3 is 15.7 Å². The van der Waals surface area contributed by atoms with E-state index in [4.69, 9.17) is 5.11 Å². The molecule has 94 valence electrons. The number of rotatable bonds is 6. The van der Waals surface area contributed by atoms with Crippen LogP contribution >= 0.6 is 0 Å². The lowest BCUT2D eigenvalue weighted by Crippen LogP contribution is -2.48. The van der Waals surface area contributed by atoms with Gasteiger partial charge in [-0.05, 0) is 26.7 Å². The SMILES string of the molecule is CCC(C)(C)NC(=O)NCCC(C)C(=O)O. The third-order valence-electron chi connectivity index (χ3n) is 2.62. The number of carbonyl (C=O) groups is 2. The summed E-state index contributed by atoms with van der Waals surface area (Å²) >= 11 is 0. The Morgan fingerprint density at radius 3 is 2.38 bits per heavy atom. The highest BCUT2D eigenvalue weighted by molar-refractivity contribution is 5.74. The van der Waals surface area contributed by atoms with Crippen LogP contribution < -0.4 is 10.6 Å². The maximum absolute atomic E-state index is 11.4. The fourth-order valence-corrected chi connectivity index (χ4v) is 0.966. The van der Waals surface area contributed by atoms with Crippen molar-refractivity contribution in [3.8, 4) is 0 Å². The van der Waals surface area contributed by atoms with Gasteiger partial charge in [-0.1, -0.05) is 13.8 Å². The maximum atomic E-state index is 11.4. The van der Waals surface area contributed by atoms with E-state index in [-0.39, 0.29) is 11.6 Å². The van der Waals surface area contributed by atoms with Crippen LogP contribution in [0.2, 0.25) is 0 Å². The first-order valence-electron chi connectivity index (χ1n) is 5.57. The average Bonchev–Trinajstić information content (AvgIpc) is 2.16. The summed E-state index contributed by atoms with van der Waals surface area (Å²) in [5.74, 6) is -1.27. The van der Waals surface area contributed by atoms with Crippen molar-refractivity contribution in [2.75, 3.05) is 6.54 Å². The molecule has 0 fully saturated rings. The van der Waals surface area contributed by atoms with Gasteiger partial charge in [0, 0.05) is 12.1 Å². The van der Waals surface area contributed by atoms with Crippen molar-refractivity contribution in [3.05, 3.63) is 0 Å². The van der Waals surface area contributed by atoms with Crippen LogP contribution in [0.4, 0.5) is 4.79 Å². The predicted molar refractivity (Wildman–Crippen MR) is 62.3 cm³/mol. The summed E-state index contributed by atoms with van der Waals surface area (Å²) in [6, 6.07) is -0.246. The molecule has 0 bridgehead atoms. The molecular weight excluding hydrogens is 208 g/mol. The number of nitrogens with one attached hydrogen (secondary N) is 2. The van der Waals surface area contributed by atoms with Crippen molar-refractivity contribution in [1.82, 2.24) is 10.6 Å². The van der Waals surface area contributed by atoms with E-state index in [1.807, 2.05) is 20.8 Å². The predicted octanol–water partition coefficient (Wildman–Crippen LogP) is 1.58. The third kappa shape index (κ3) is 6.27. The van der Waals surface area contributed by atoms with E-state index in [0.717, 1.165) is 6.42 Å². The standard InChI is InChI=1S/C11H22N2O3/c1-5-11(3,4)13-10(16)12-7-6-8(2)9(14)15/h8H,5-7H2,1-4H3,(H,14,15)(H2,12,13,16). The fraction of sp³-hybridized carbons (Fsp3) is 0.818. The molecule has 3 N–H and O–H groups in total. The molecule has 5 nitrogen and oxygen atoms in total. The zero-order chi connectivity index (χ0) is 12.8. The minimum atomic E-state index is -0.837. The van der Waals surface area contributed by atoms with Crippen molar-refractivity contribution >= 4 is 12.0 Å². The van der Waals surface area contributed by atoms with Crippen molar-refractivity contribution in [2.45, 2.75) is 46.1 Å². The Balaban J connectivity index is 3.79. The molecule has 2 amide bonds. The molecule has 1 unspecified atom stereocenters. The van der Waals surface area contributed by atoms with E-state index in [9.17, 15) is 9.59 Å². The van der Waals surface area contributed by atoms with Crippen molar-refractivity contribution in [3.63, 3.8) is 0 Å². The number of aliphatic carboxylic acids is 1. The van der Waals surface area contributed by atoms with Gasteiger partial charge in [0.05, 0.1) is 5.92 Å². The van der Waals surface area contributed by atoms with Gasteiger partial charge in [0.15, 0.2) is 0 Å². The quantitative estimate of drug-likeness (QED) is 0.648. The van der Waals surface area contributed by atoms with E-state index in [1.54, 1.807) is 6.92 Å². The highest BCUT2D eigenvalue weighted by Crippen LogP contribution is 2.06. The summed E-state index contributed by atoms with van der Waals surface area (Å²) in [5, 5.41) is 14.1. The first-order chi connectivity index (χ1) is 7.28. The van der Waals surface area contributed by atoms with E-state index in [0.29, 0.717) is 13.0 Å². The van der Waals surface area contributed by atoms with E-state index >= 15 is 0 Å². The second kappa shape index (κ2) is 6.35. The Bertz CT molecular complexity index is 252. The largest absolute Gasteiger partial charge is 0.481 e. The van der Waals surface area contributed by atoms with Gasteiger partial charge in [0.1, 0.15) is 0 Å². The van der Waals surface area contributed by atoms with Gasteiger partial charge in [0.25, 0.3) is 0 Å². The number of hydrogen-bond acceptors (Lipinski definition) is 2. The molecule has 0 saturated carbocycles. The zero-order valence-corrected chi connectivity index (χ0v) is 10.5. The summed E-state index contributed by atoms with van der Waals surface area (Å²) in [6.07, 6.45) is 1.28. The molecule has 1 atom stereocenters. The monoisotopic (exact) mass is 230 g/mol. The molecule has 0 saturated heterocycles. The number of carboxylic acid groups (broad SMARTS) is 1. The number of carboxylic acids is 1. The van der Waals surface area contributed by atoms with Crippen LogP contribution in [0, 0.1) is 5.92 Å². The minimum Gasteiger partial charge on any atom is -0.481 e. The topological polar surface area (TPSA) is 78.4 Å². The summed E-state index contributed by atoms with van der Waals surface area (Å²) in [5.41, 5.74) is -0.234. The molecule has 0 aliphatic carbocycles. The second-order valence-corrected chi connectivity index (χ2v) is 4.65. The second-order valence-electron chi connectivity index (χ2n) is 4.65. The molecule has 0 aromatic heterocycles. The Morgan fingerprint density at radius 1 is 1.38 bits per heavy atom. The smallest absolute Gasteiger partial charge is 0.315 e. The lowest BCUT2D eigenvalue weighted by Gasteiger charge is -2.24. The maximum Gasteiger partial charge on any atom is 0.315 e. The number of hydrogen-bond donors (Lipinski definition) is 3. The summed E-state index contributed by atoms with van der Waals surface area (Å²) in [6.45, 7) is 7.86. The highest BCUT2D eigenvalue weighted by atomic mass is 16.4.